The van der Waals surface area contributed by atoms with E-state index in [0.29, 0.717) is 18.4 Å². The van der Waals surface area contributed by atoms with Crippen LogP contribution in [0.2, 0.25) is 0 Å². The Bertz CT molecular complexity index is 659. The van der Waals surface area contributed by atoms with Gasteiger partial charge in [-0.3, -0.25) is 4.90 Å². The molecule has 7 heteroatoms. The smallest absolute Gasteiger partial charge is 0.229 e. The first kappa shape index (κ1) is 17.9. The molecule has 130 valence electrons. The Labute approximate surface area is 143 Å². The normalized spacial score (nSPS) is 12.2. The molecule has 0 aliphatic rings. The Balaban J connectivity index is 2.10. The van der Waals surface area contributed by atoms with Crippen molar-refractivity contribution in [1.82, 2.24) is 19.9 Å². The maximum Gasteiger partial charge on any atom is 0.229 e. The lowest BCUT2D eigenvalue weighted by molar-refractivity contribution is 0.243. The number of ether oxygens (including phenoxy) is 1. The van der Waals surface area contributed by atoms with Crippen molar-refractivity contribution >= 4 is 11.9 Å². The number of nitrogen functional groups attached to an aromatic ring is 1. The highest BCUT2D eigenvalue weighted by molar-refractivity contribution is 5.33. The van der Waals surface area contributed by atoms with E-state index >= 15 is 0 Å². The van der Waals surface area contributed by atoms with Crippen LogP contribution in [0.1, 0.15) is 31.3 Å². The molecule has 0 radical (unpaired) electrons. The van der Waals surface area contributed by atoms with Gasteiger partial charge in [0.15, 0.2) is 5.82 Å². The van der Waals surface area contributed by atoms with E-state index in [0.717, 1.165) is 12.3 Å². The van der Waals surface area contributed by atoms with E-state index in [1.54, 1.807) is 0 Å². The fraction of sp³-hybridized carbons (Fsp3) is 0.471. The number of anilines is 2. The average Bonchev–Trinajstić information content (AvgIpc) is 2.55. The highest BCUT2D eigenvalue weighted by atomic mass is 16.5. The number of nitrogens with zero attached hydrogens (tertiary/aromatic N) is 5. The molecule has 2 N–H and O–H groups in total. The maximum absolute atomic E-state index is 5.81. The first-order chi connectivity index (χ1) is 11.4. The molecule has 1 atom stereocenters. The van der Waals surface area contributed by atoms with Crippen molar-refractivity contribution < 1.29 is 4.74 Å². The van der Waals surface area contributed by atoms with Gasteiger partial charge in [-0.15, -0.1) is 0 Å². The van der Waals surface area contributed by atoms with Gasteiger partial charge in [-0.25, -0.2) is 0 Å². The van der Waals surface area contributed by atoms with E-state index in [2.05, 4.69) is 38.9 Å². The molecular weight excluding hydrogens is 304 g/mol. The quantitative estimate of drug-likeness (QED) is 0.832. The Morgan fingerprint density at radius 3 is 2.33 bits per heavy atom. The van der Waals surface area contributed by atoms with Crippen molar-refractivity contribution in [1.29, 1.82) is 0 Å². The van der Waals surface area contributed by atoms with E-state index in [4.69, 9.17) is 10.5 Å². The summed E-state index contributed by atoms with van der Waals surface area (Å²) in [5.74, 6) is 2.36. The van der Waals surface area contributed by atoms with Gasteiger partial charge in [0.25, 0.3) is 0 Å². The third kappa shape index (κ3) is 4.55. The van der Waals surface area contributed by atoms with Crippen LogP contribution in [0.15, 0.2) is 24.3 Å². The number of hydrogen-bond donors (Lipinski definition) is 1. The highest BCUT2D eigenvalue weighted by Crippen LogP contribution is 2.21. The van der Waals surface area contributed by atoms with Crippen molar-refractivity contribution in [2.45, 2.75) is 26.4 Å². The molecule has 24 heavy (non-hydrogen) atoms. The van der Waals surface area contributed by atoms with Crippen molar-refractivity contribution in [3.63, 3.8) is 0 Å². The van der Waals surface area contributed by atoms with Crippen LogP contribution in [-0.4, -0.2) is 47.6 Å². The van der Waals surface area contributed by atoms with E-state index < -0.39 is 0 Å². The first-order valence-electron chi connectivity index (χ1n) is 8.01. The Morgan fingerprint density at radius 2 is 1.75 bits per heavy atom. The molecule has 0 bridgehead atoms. The van der Waals surface area contributed by atoms with Crippen LogP contribution in [0.4, 0.5) is 11.9 Å². The molecule has 0 aliphatic carbocycles. The van der Waals surface area contributed by atoms with Gasteiger partial charge in [0.2, 0.25) is 11.9 Å². The number of benzene rings is 1. The topological polar surface area (TPSA) is 80.4 Å². The van der Waals surface area contributed by atoms with Gasteiger partial charge in [-0.1, -0.05) is 12.1 Å². The summed E-state index contributed by atoms with van der Waals surface area (Å²) in [7, 11) is 5.80. The van der Waals surface area contributed by atoms with Gasteiger partial charge in [-0.2, -0.15) is 15.0 Å². The summed E-state index contributed by atoms with van der Waals surface area (Å²) in [6.45, 7) is 5.48. The molecule has 1 aromatic carbocycles. The van der Waals surface area contributed by atoms with E-state index in [1.165, 1.54) is 5.56 Å². The Morgan fingerprint density at radius 1 is 1.08 bits per heavy atom. The molecule has 1 heterocycles. The summed E-state index contributed by atoms with van der Waals surface area (Å²) in [4.78, 5) is 16.9. The monoisotopic (exact) mass is 330 g/mol. The van der Waals surface area contributed by atoms with Crippen molar-refractivity contribution in [3.8, 4) is 5.75 Å². The standard InChI is InChI=1S/C17H26N6O/c1-6-24-14-9-7-13(8-10-14)11-23(5)12(2)15-19-16(18)21-17(20-15)22(3)4/h7-10,12H,6,11H2,1-5H3,(H2,18,19,20,21)/t12-/m0/s1. The molecular formula is C17H26N6O. The van der Waals surface area contributed by atoms with Crippen LogP contribution in [0.25, 0.3) is 0 Å². The minimum Gasteiger partial charge on any atom is -0.494 e. The zero-order valence-electron chi connectivity index (χ0n) is 15.0. The highest BCUT2D eigenvalue weighted by Gasteiger charge is 2.17. The summed E-state index contributed by atoms with van der Waals surface area (Å²) >= 11 is 0. The summed E-state index contributed by atoms with van der Waals surface area (Å²) in [5.41, 5.74) is 7.01. The number of rotatable bonds is 7. The van der Waals surface area contributed by atoms with Crippen molar-refractivity contribution in [2.75, 3.05) is 38.4 Å². The summed E-state index contributed by atoms with van der Waals surface area (Å²) in [6, 6.07) is 8.13. The van der Waals surface area contributed by atoms with Crippen molar-refractivity contribution in [3.05, 3.63) is 35.7 Å². The van der Waals surface area contributed by atoms with E-state index in [-0.39, 0.29) is 12.0 Å². The van der Waals surface area contributed by atoms with Gasteiger partial charge in [-0.05, 0) is 38.6 Å². The third-order valence-corrected chi connectivity index (χ3v) is 3.76. The molecule has 0 saturated heterocycles. The lowest BCUT2D eigenvalue weighted by Crippen LogP contribution is -2.25. The van der Waals surface area contributed by atoms with Gasteiger partial charge >= 0.3 is 0 Å². The first-order valence-corrected chi connectivity index (χ1v) is 8.01. The van der Waals surface area contributed by atoms with Gasteiger partial charge in [0.05, 0.1) is 12.6 Å². The Hall–Kier alpha value is -2.41. The van der Waals surface area contributed by atoms with Gasteiger partial charge in [0, 0.05) is 20.6 Å². The molecule has 0 aliphatic heterocycles. The third-order valence-electron chi connectivity index (χ3n) is 3.76. The minimum absolute atomic E-state index is 0.0144. The molecule has 0 saturated carbocycles. The molecule has 0 unspecified atom stereocenters. The van der Waals surface area contributed by atoms with Crippen LogP contribution in [0.5, 0.6) is 5.75 Å². The second-order valence-corrected chi connectivity index (χ2v) is 5.91. The molecule has 0 spiro atoms. The predicted octanol–water partition coefficient (Wildman–Crippen LogP) is 2.11. The number of hydrogen-bond acceptors (Lipinski definition) is 7. The fourth-order valence-corrected chi connectivity index (χ4v) is 2.26. The number of aromatic nitrogens is 3. The van der Waals surface area contributed by atoms with Crippen LogP contribution < -0.4 is 15.4 Å². The van der Waals surface area contributed by atoms with Crippen LogP contribution in [0.3, 0.4) is 0 Å². The van der Waals surface area contributed by atoms with Gasteiger partial charge < -0.3 is 15.4 Å². The zero-order chi connectivity index (χ0) is 17.7. The van der Waals surface area contributed by atoms with E-state index in [1.807, 2.05) is 45.1 Å². The van der Waals surface area contributed by atoms with Crippen molar-refractivity contribution in [2.24, 2.45) is 0 Å². The van der Waals surface area contributed by atoms with E-state index in [9.17, 15) is 0 Å². The summed E-state index contributed by atoms with van der Waals surface area (Å²) in [6.07, 6.45) is 0. The molecule has 1 aromatic heterocycles. The molecule has 7 nitrogen and oxygen atoms in total. The fourth-order valence-electron chi connectivity index (χ4n) is 2.26. The molecule has 0 amide bonds. The largest absolute Gasteiger partial charge is 0.494 e. The lowest BCUT2D eigenvalue weighted by atomic mass is 10.2. The maximum atomic E-state index is 5.81. The average molecular weight is 330 g/mol. The number of nitrogens with two attached hydrogens (primary N) is 1. The van der Waals surface area contributed by atoms with Crippen LogP contribution in [0, 0.1) is 0 Å². The second kappa shape index (κ2) is 7.92. The minimum atomic E-state index is 0.0144. The summed E-state index contributed by atoms with van der Waals surface area (Å²) in [5, 5.41) is 0. The predicted molar refractivity (Wildman–Crippen MR) is 96.1 cm³/mol. The van der Waals surface area contributed by atoms with Crippen LogP contribution in [-0.2, 0) is 6.54 Å². The molecule has 0 fully saturated rings. The molecule has 2 aromatic rings. The SMILES string of the molecule is CCOc1ccc(CN(C)[C@@H](C)c2nc(N)nc(N(C)C)n2)cc1. The molecule has 2 rings (SSSR count). The Kier molecular flexibility index (Phi) is 5.92. The zero-order valence-corrected chi connectivity index (χ0v) is 15.0. The van der Waals surface area contributed by atoms with Gasteiger partial charge in [0.1, 0.15) is 5.75 Å². The van der Waals surface area contributed by atoms with Crippen LogP contribution >= 0.6 is 0 Å². The lowest BCUT2D eigenvalue weighted by Gasteiger charge is -2.24. The second-order valence-electron chi connectivity index (χ2n) is 5.91. The summed E-state index contributed by atoms with van der Waals surface area (Å²) < 4.78 is 5.47.